The third kappa shape index (κ3) is 3.29. The van der Waals surface area contributed by atoms with Crippen molar-refractivity contribution >= 4 is 17.0 Å². The van der Waals surface area contributed by atoms with Gasteiger partial charge in [0.1, 0.15) is 5.52 Å². The van der Waals surface area contributed by atoms with Crippen molar-refractivity contribution in [1.82, 2.24) is 15.0 Å². The van der Waals surface area contributed by atoms with Crippen LogP contribution in [0, 0.1) is 19.3 Å². The Balaban J connectivity index is 1.92. The van der Waals surface area contributed by atoms with Crippen molar-refractivity contribution in [3.05, 3.63) is 58.1 Å². The Hall–Kier alpha value is -2.73. The quantitative estimate of drug-likeness (QED) is 0.620. The number of benzene rings is 2. The summed E-state index contributed by atoms with van der Waals surface area (Å²) in [6.45, 7) is 7.80. The number of ether oxygens (including phenoxy) is 1. The van der Waals surface area contributed by atoms with E-state index in [-0.39, 0.29) is 18.5 Å². The SMILES string of the molecule is COC(=O)C(C)(C)C(c1ccc(C)c(CO)c1)c1ccc2c(nnn2C2CC2)c1C. The molecule has 1 unspecified atom stereocenters. The molecule has 0 bridgehead atoms. The van der Waals surface area contributed by atoms with Gasteiger partial charge < -0.3 is 9.84 Å². The summed E-state index contributed by atoms with van der Waals surface area (Å²) in [7, 11) is 1.42. The van der Waals surface area contributed by atoms with Gasteiger partial charge in [-0.05, 0) is 74.4 Å². The molecule has 6 heteroatoms. The van der Waals surface area contributed by atoms with Crippen LogP contribution in [0.5, 0.6) is 0 Å². The van der Waals surface area contributed by atoms with Crippen molar-refractivity contribution in [3.63, 3.8) is 0 Å². The van der Waals surface area contributed by atoms with Crippen LogP contribution in [0.3, 0.4) is 0 Å². The summed E-state index contributed by atoms with van der Waals surface area (Å²) in [5.41, 5.74) is 5.99. The molecule has 0 saturated heterocycles. The van der Waals surface area contributed by atoms with Gasteiger partial charge in [-0.25, -0.2) is 4.68 Å². The Labute approximate surface area is 176 Å². The summed E-state index contributed by atoms with van der Waals surface area (Å²) < 4.78 is 7.19. The van der Waals surface area contributed by atoms with Gasteiger partial charge in [-0.1, -0.05) is 29.5 Å². The molecule has 3 aromatic rings. The zero-order chi connectivity index (χ0) is 21.6. The fraction of sp³-hybridized carbons (Fsp3) is 0.458. The lowest BCUT2D eigenvalue weighted by Gasteiger charge is -2.34. The maximum atomic E-state index is 12.8. The normalized spacial score (nSPS) is 15.4. The van der Waals surface area contributed by atoms with Gasteiger partial charge >= 0.3 is 5.97 Å². The smallest absolute Gasteiger partial charge is 0.312 e. The number of hydrogen-bond acceptors (Lipinski definition) is 5. The molecular weight excluding hydrogens is 378 g/mol. The number of rotatable bonds is 6. The predicted molar refractivity (Wildman–Crippen MR) is 115 cm³/mol. The van der Waals surface area contributed by atoms with Crippen molar-refractivity contribution in [2.75, 3.05) is 7.11 Å². The van der Waals surface area contributed by atoms with E-state index >= 15 is 0 Å². The molecule has 1 heterocycles. The first-order chi connectivity index (χ1) is 14.3. The van der Waals surface area contributed by atoms with Crippen molar-refractivity contribution in [3.8, 4) is 0 Å². The monoisotopic (exact) mass is 407 g/mol. The first-order valence-corrected chi connectivity index (χ1v) is 10.4. The van der Waals surface area contributed by atoms with Gasteiger partial charge in [0.25, 0.3) is 0 Å². The number of hydrogen-bond donors (Lipinski definition) is 1. The van der Waals surface area contributed by atoms with E-state index in [2.05, 4.69) is 22.4 Å². The van der Waals surface area contributed by atoms with E-state index in [9.17, 15) is 9.90 Å². The lowest BCUT2D eigenvalue weighted by molar-refractivity contribution is -0.151. The van der Waals surface area contributed by atoms with Gasteiger partial charge in [0.05, 0.1) is 30.7 Å². The first-order valence-electron chi connectivity index (χ1n) is 10.4. The molecule has 4 rings (SSSR count). The molecule has 6 nitrogen and oxygen atoms in total. The number of carbonyl (C=O) groups is 1. The fourth-order valence-corrected chi connectivity index (χ4v) is 4.46. The summed E-state index contributed by atoms with van der Waals surface area (Å²) >= 11 is 0. The fourth-order valence-electron chi connectivity index (χ4n) is 4.46. The highest BCUT2D eigenvalue weighted by atomic mass is 16.5. The standard InChI is InChI=1S/C24H29N3O3/c1-14-6-7-16(12-17(14)13-28)21(24(3,4)23(29)30-5)19-10-11-20-22(15(19)2)25-26-27(20)18-8-9-18/h6-7,10-12,18,21,28H,8-9,13H2,1-5H3. The number of aliphatic hydroxyl groups is 1. The average molecular weight is 408 g/mol. The number of aliphatic hydroxyl groups excluding tert-OH is 1. The van der Waals surface area contributed by atoms with Gasteiger partial charge in [0, 0.05) is 5.92 Å². The van der Waals surface area contributed by atoms with Crippen molar-refractivity contribution < 1.29 is 14.6 Å². The lowest BCUT2D eigenvalue weighted by atomic mass is 9.69. The highest BCUT2D eigenvalue weighted by Gasteiger charge is 2.41. The van der Waals surface area contributed by atoms with E-state index in [1.54, 1.807) is 0 Å². The molecule has 158 valence electrons. The Bertz CT molecular complexity index is 1110. The molecule has 1 aromatic heterocycles. The van der Waals surface area contributed by atoms with Crippen LogP contribution in [-0.4, -0.2) is 33.2 Å². The summed E-state index contributed by atoms with van der Waals surface area (Å²) in [6.07, 6.45) is 2.29. The van der Waals surface area contributed by atoms with Crippen LogP contribution in [0.15, 0.2) is 30.3 Å². The third-order valence-electron chi connectivity index (χ3n) is 6.45. The number of methoxy groups -OCH3 is 1. The third-order valence-corrected chi connectivity index (χ3v) is 6.45. The molecule has 1 N–H and O–H groups in total. The average Bonchev–Trinajstić information content (AvgIpc) is 3.48. The molecule has 1 aliphatic carbocycles. The molecule has 0 radical (unpaired) electrons. The van der Waals surface area contributed by atoms with Crippen LogP contribution in [0.25, 0.3) is 11.0 Å². The minimum absolute atomic E-state index is 0.0429. The van der Waals surface area contributed by atoms with E-state index in [0.717, 1.165) is 51.7 Å². The van der Waals surface area contributed by atoms with Crippen LogP contribution in [0.1, 0.15) is 66.5 Å². The molecule has 1 atom stereocenters. The van der Waals surface area contributed by atoms with Crippen molar-refractivity contribution in [2.24, 2.45) is 5.41 Å². The largest absolute Gasteiger partial charge is 0.469 e. The second-order valence-corrected chi connectivity index (χ2v) is 8.90. The summed E-state index contributed by atoms with van der Waals surface area (Å²) in [6, 6.07) is 10.6. The van der Waals surface area contributed by atoms with Gasteiger partial charge in [-0.15, -0.1) is 5.10 Å². The van der Waals surface area contributed by atoms with Crippen LogP contribution >= 0.6 is 0 Å². The van der Waals surface area contributed by atoms with Gasteiger partial charge in [0.15, 0.2) is 0 Å². The lowest BCUT2D eigenvalue weighted by Crippen LogP contribution is -2.34. The Morgan fingerprint density at radius 3 is 2.63 bits per heavy atom. The van der Waals surface area contributed by atoms with Gasteiger partial charge in [0.2, 0.25) is 0 Å². The van der Waals surface area contributed by atoms with Gasteiger partial charge in [-0.2, -0.15) is 0 Å². The number of carbonyl (C=O) groups excluding carboxylic acids is 1. The van der Waals surface area contributed by atoms with E-state index < -0.39 is 5.41 Å². The second-order valence-electron chi connectivity index (χ2n) is 8.90. The molecular formula is C24H29N3O3. The van der Waals surface area contributed by atoms with Crippen molar-refractivity contribution in [2.45, 2.75) is 59.1 Å². The second kappa shape index (κ2) is 7.51. The molecule has 0 amide bonds. The summed E-state index contributed by atoms with van der Waals surface area (Å²) in [5, 5.41) is 18.7. The Morgan fingerprint density at radius 2 is 2.00 bits per heavy atom. The molecule has 0 aliphatic heterocycles. The molecule has 2 aromatic carbocycles. The van der Waals surface area contributed by atoms with E-state index in [0.29, 0.717) is 6.04 Å². The van der Waals surface area contributed by atoms with E-state index in [1.165, 1.54) is 7.11 Å². The highest BCUT2D eigenvalue weighted by molar-refractivity contribution is 5.82. The van der Waals surface area contributed by atoms with Crippen LogP contribution in [-0.2, 0) is 16.1 Å². The van der Waals surface area contributed by atoms with Gasteiger partial charge in [-0.3, -0.25) is 4.79 Å². The molecule has 1 aliphatic rings. The van der Waals surface area contributed by atoms with E-state index in [1.807, 2.05) is 50.6 Å². The number of fused-ring (bicyclic) bond motifs is 1. The Kier molecular flexibility index (Phi) is 5.14. The molecule has 30 heavy (non-hydrogen) atoms. The first kappa shape index (κ1) is 20.5. The molecule has 1 fully saturated rings. The van der Waals surface area contributed by atoms with Crippen LogP contribution in [0.4, 0.5) is 0 Å². The zero-order valence-electron chi connectivity index (χ0n) is 18.3. The molecule has 0 spiro atoms. The zero-order valence-corrected chi connectivity index (χ0v) is 18.3. The number of nitrogens with zero attached hydrogens (tertiary/aromatic N) is 3. The minimum Gasteiger partial charge on any atom is -0.469 e. The molecule has 1 saturated carbocycles. The number of esters is 1. The number of aromatic nitrogens is 3. The summed E-state index contributed by atoms with van der Waals surface area (Å²) in [4.78, 5) is 12.8. The number of aryl methyl sites for hydroxylation is 2. The topological polar surface area (TPSA) is 77.2 Å². The van der Waals surface area contributed by atoms with Crippen molar-refractivity contribution in [1.29, 1.82) is 0 Å². The predicted octanol–water partition coefficient (Wildman–Crippen LogP) is 4.21. The summed E-state index contributed by atoms with van der Waals surface area (Å²) in [5.74, 6) is -0.536. The highest BCUT2D eigenvalue weighted by Crippen LogP contribution is 2.45. The maximum Gasteiger partial charge on any atom is 0.312 e. The van der Waals surface area contributed by atoms with Crippen LogP contribution < -0.4 is 0 Å². The minimum atomic E-state index is -0.818. The Morgan fingerprint density at radius 1 is 1.27 bits per heavy atom. The maximum absolute atomic E-state index is 12.8. The van der Waals surface area contributed by atoms with Crippen LogP contribution in [0.2, 0.25) is 0 Å². The van der Waals surface area contributed by atoms with E-state index in [4.69, 9.17) is 4.74 Å².